The number of nitrogens with one attached hydrogen (secondary N) is 2. The molecule has 0 amide bonds. The van der Waals surface area contributed by atoms with Crippen LogP contribution in [0.25, 0.3) is 0 Å². The normalized spacial score (nSPS) is 9.18. The molecule has 0 aliphatic rings. The minimum Gasteiger partial charge on any atom is -0.387 e. The number of hydrogen-bond donors (Lipinski definition) is 3. The third-order valence-electron chi connectivity index (χ3n) is 1.39. The first-order valence-electron chi connectivity index (χ1n) is 3.21. The molecular weight excluding hydrogens is 140 g/mol. The van der Waals surface area contributed by atoms with E-state index in [4.69, 9.17) is 11.1 Å². The number of nitrogen functional groups attached to an aromatic ring is 1. The van der Waals surface area contributed by atoms with Crippen LogP contribution in [0.3, 0.4) is 0 Å². The fourth-order valence-electron chi connectivity index (χ4n) is 0.745. The Kier molecular flexibility index (Phi) is 2.06. The topological polar surface area (TPSA) is 74.8 Å². The summed E-state index contributed by atoms with van der Waals surface area (Å²) in [6, 6.07) is 1.77. The van der Waals surface area contributed by atoms with Gasteiger partial charge in [0.15, 0.2) is 0 Å². The van der Waals surface area contributed by atoms with E-state index in [2.05, 4.69) is 10.3 Å². The van der Waals surface area contributed by atoms with Gasteiger partial charge in [-0.15, -0.1) is 0 Å². The SMILES string of the molecule is CNc1cnc(N)c(C=N)c1. The lowest BCUT2D eigenvalue weighted by molar-refractivity contribution is 1.31. The lowest BCUT2D eigenvalue weighted by atomic mass is 10.2. The van der Waals surface area contributed by atoms with E-state index < -0.39 is 0 Å². The summed E-state index contributed by atoms with van der Waals surface area (Å²) in [5.41, 5.74) is 6.96. The summed E-state index contributed by atoms with van der Waals surface area (Å²) in [6.07, 6.45) is 2.81. The molecule has 4 heteroatoms. The maximum atomic E-state index is 6.98. The number of hydrogen-bond acceptors (Lipinski definition) is 4. The molecule has 4 nitrogen and oxygen atoms in total. The fourth-order valence-corrected chi connectivity index (χ4v) is 0.745. The summed E-state index contributed by atoms with van der Waals surface area (Å²) in [7, 11) is 1.79. The molecule has 0 bridgehead atoms. The van der Waals surface area contributed by atoms with Crippen molar-refractivity contribution in [1.29, 1.82) is 5.41 Å². The molecule has 1 aromatic rings. The molecule has 0 radical (unpaired) electrons. The van der Waals surface area contributed by atoms with Gasteiger partial charge >= 0.3 is 0 Å². The molecule has 0 atom stereocenters. The number of rotatable bonds is 2. The number of nitrogens with zero attached hydrogens (tertiary/aromatic N) is 1. The highest BCUT2D eigenvalue weighted by Gasteiger charge is 1.96. The molecule has 0 spiro atoms. The zero-order valence-electron chi connectivity index (χ0n) is 6.26. The monoisotopic (exact) mass is 150 g/mol. The van der Waals surface area contributed by atoms with E-state index in [1.165, 1.54) is 6.21 Å². The van der Waals surface area contributed by atoms with Gasteiger partial charge in [0.05, 0.1) is 11.9 Å². The minimum absolute atomic E-state index is 0.388. The van der Waals surface area contributed by atoms with Crippen LogP contribution >= 0.6 is 0 Å². The predicted octanol–water partition coefficient (Wildman–Crippen LogP) is 0.703. The van der Waals surface area contributed by atoms with E-state index in [-0.39, 0.29) is 0 Å². The molecule has 0 aromatic carbocycles. The molecule has 1 aromatic heterocycles. The molecule has 4 N–H and O–H groups in total. The van der Waals surface area contributed by atoms with Gasteiger partial charge in [-0.05, 0) is 6.07 Å². The van der Waals surface area contributed by atoms with E-state index in [1.54, 1.807) is 19.3 Å². The Morgan fingerprint density at radius 2 is 2.45 bits per heavy atom. The van der Waals surface area contributed by atoms with Crippen molar-refractivity contribution >= 4 is 17.7 Å². The predicted molar refractivity (Wildman–Crippen MR) is 46.1 cm³/mol. The third-order valence-corrected chi connectivity index (χ3v) is 1.39. The molecule has 1 rings (SSSR count). The second-order valence-corrected chi connectivity index (χ2v) is 2.09. The highest BCUT2D eigenvalue weighted by molar-refractivity contribution is 5.84. The van der Waals surface area contributed by atoms with E-state index in [0.717, 1.165) is 5.69 Å². The third kappa shape index (κ3) is 1.46. The maximum Gasteiger partial charge on any atom is 0.132 e. The van der Waals surface area contributed by atoms with Gasteiger partial charge in [0.2, 0.25) is 0 Å². The minimum atomic E-state index is 0.388. The summed E-state index contributed by atoms with van der Waals surface area (Å²) in [4.78, 5) is 3.88. The quantitative estimate of drug-likeness (QED) is 0.543. The van der Waals surface area contributed by atoms with Gasteiger partial charge in [-0.2, -0.15) is 0 Å². The van der Waals surface area contributed by atoms with Crippen LogP contribution in [-0.4, -0.2) is 18.2 Å². The van der Waals surface area contributed by atoms with Gasteiger partial charge in [0.1, 0.15) is 5.82 Å². The first kappa shape index (κ1) is 7.53. The summed E-state index contributed by atoms with van der Waals surface area (Å²) in [5, 5.41) is 9.89. The van der Waals surface area contributed by atoms with Crippen molar-refractivity contribution < 1.29 is 0 Å². The van der Waals surface area contributed by atoms with Gasteiger partial charge in [-0.3, -0.25) is 0 Å². The lowest BCUT2D eigenvalue weighted by Gasteiger charge is -2.01. The average molecular weight is 150 g/mol. The average Bonchev–Trinajstić information content (AvgIpc) is 2.05. The first-order valence-corrected chi connectivity index (χ1v) is 3.21. The van der Waals surface area contributed by atoms with E-state index in [9.17, 15) is 0 Å². The molecule has 0 unspecified atom stereocenters. The van der Waals surface area contributed by atoms with Crippen molar-refractivity contribution in [2.75, 3.05) is 18.1 Å². The zero-order valence-corrected chi connectivity index (χ0v) is 6.26. The molecule has 0 saturated carbocycles. The van der Waals surface area contributed by atoms with Crippen LogP contribution in [0.4, 0.5) is 11.5 Å². The maximum absolute atomic E-state index is 6.98. The molecule has 1 heterocycles. The van der Waals surface area contributed by atoms with Gasteiger partial charge in [-0.25, -0.2) is 4.98 Å². The Hall–Kier alpha value is -1.58. The Morgan fingerprint density at radius 3 is 3.00 bits per heavy atom. The van der Waals surface area contributed by atoms with Gasteiger partial charge < -0.3 is 16.5 Å². The zero-order chi connectivity index (χ0) is 8.27. The van der Waals surface area contributed by atoms with E-state index in [1.807, 2.05) is 0 Å². The number of nitrogens with two attached hydrogens (primary N) is 1. The number of pyridine rings is 1. The van der Waals surface area contributed by atoms with Gasteiger partial charge in [-0.1, -0.05) is 0 Å². The Bertz CT molecular complexity index is 269. The second kappa shape index (κ2) is 3.01. The number of anilines is 2. The van der Waals surface area contributed by atoms with Crippen LogP contribution < -0.4 is 11.1 Å². The molecule has 58 valence electrons. The van der Waals surface area contributed by atoms with Crippen LogP contribution in [-0.2, 0) is 0 Å². The van der Waals surface area contributed by atoms with Crippen molar-refractivity contribution in [2.45, 2.75) is 0 Å². The molecular formula is C7H10N4. The second-order valence-electron chi connectivity index (χ2n) is 2.09. The fraction of sp³-hybridized carbons (Fsp3) is 0.143. The molecule has 11 heavy (non-hydrogen) atoms. The first-order chi connectivity index (χ1) is 5.27. The lowest BCUT2D eigenvalue weighted by Crippen LogP contribution is -1.98. The van der Waals surface area contributed by atoms with E-state index in [0.29, 0.717) is 11.4 Å². The largest absolute Gasteiger partial charge is 0.387 e. The Balaban J connectivity index is 3.12. The molecule has 0 aliphatic carbocycles. The van der Waals surface area contributed by atoms with Gasteiger partial charge in [0, 0.05) is 18.8 Å². The Morgan fingerprint density at radius 1 is 1.73 bits per heavy atom. The van der Waals surface area contributed by atoms with Crippen LogP contribution in [0.5, 0.6) is 0 Å². The summed E-state index contributed by atoms with van der Waals surface area (Å²) < 4.78 is 0. The summed E-state index contributed by atoms with van der Waals surface area (Å²) in [6.45, 7) is 0. The standard InChI is InChI=1S/C7H10N4/c1-10-6-2-5(3-8)7(9)11-4-6/h2-4,8,10H,1H3,(H2,9,11). The molecule has 0 aliphatic heterocycles. The highest BCUT2D eigenvalue weighted by atomic mass is 14.9. The molecule has 0 fully saturated rings. The van der Waals surface area contributed by atoms with E-state index >= 15 is 0 Å². The highest BCUT2D eigenvalue weighted by Crippen LogP contribution is 2.11. The van der Waals surface area contributed by atoms with Crippen molar-refractivity contribution in [3.05, 3.63) is 17.8 Å². The van der Waals surface area contributed by atoms with Crippen molar-refractivity contribution in [2.24, 2.45) is 0 Å². The summed E-state index contributed by atoms with van der Waals surface area (Å²) in [5.74, 6) is 0.388. The smallest absolute Gasteiger partial charge is 0.132 e. The van der Waals surface area contributed by atoms with Crippen molar-refractivity contribution in [3.63, 3.8) is 0 Å². The van der Waals surface area contributed by atoms with Crippen molar-refractivity contribution in [1.82, 2.24) is 4.98 Å². The summed E-state index contributed by atoms with van der Waals surface area (Å²) >= 11 is 0. The Labute approximate surface area is 65.0 Å². The number of aromatic nitrogens is 1. The van der Waals surface area contributed by atoms with Crippen LogP contribution in [0.2, 0.25) is 0 Å². The van der Waals surface area contributed by atoms with Gasteiger partial charge in [0.25, 0.3) is 0 Å². The van der Waals surface area contributed by atoms with Crippen LogP contribution in [0.15, 0.2) is 12.3 Å². The van der Waals surface area contributed by atoms with Crippen molar-refractivity contribution in [3.8, 4) is 0 Å². The van der Waals surface area contributed by atoms with Crippen LogP contribution in [0, 0.1) is 5.41 Å². The molecule has 0 saturated heterocycles. The van der Waals surface area contributed by atoms with Crippen LogP contribution in [0.1, 0.15) is 5.56 Å².